The van der Waals surface area contributed by atoms with E-state index < -0.39 is 0 Å². The molecule has 2 aromatic heterocycles. The largest absolute Gasteiger partial charge is 0.394 e. The van der Waals surface area contributed by atoms with Crippen molar-refractivity contribution >= 4 is 6.03 Å². The Hall–Kier alpha value is -2.35. The number of nitrogens with one attached hydrogen (secondary N) is 1. The maximum Gasteiger partial charge on any atom is 0.317 e. The van der Waals surface area contributed by atoms with Gasteiger partial charge in [0.2, 0.25) is 0 Å². The number of aryl methyl sites for hydroxylation is 2. The Balaban J connectivity index is 1.68. The van der Waals surface area contributed by atoms with Gasteiger partial charge in [-0.15, -0.1) is 0 Å². The minimum atomic E-state index is -0.132. The topological polar surface area (TPSA) is 96.4 Å². The number of nitrogens with zero attached hydrogens (tertiary/aromatic N) is 4. The SMILES string of the molecule is Cc1noc(C)c1CN(C)C(=O)N[C@H]1CCCc2c1cnn2CCO. The van der Waals surface area contributed by atoms with Crippen LogP contribution in [0.15, 0.2) is 10.7 Å². The molecule has 0 spiro atoms. The van der Waals surface area contributed by atoms with E-state index in [4.69, 9.17) is 9.63 Å². The van der Waals surface area contributed by atoms with E-state index in [0.717, 1.165) is 47.5 Å². The first-order valence-corrected chi connectivity index (χ1v) is 8.60. The smallest absolute Gasteiger partial charge is 0.317 e. The van der Waals surface area contributed by atoms with E-state index >= 15 is 0 Å². The molecule has 2 N–H and O–H groups in total. The van der Waals surface area contributed by atoms with Gasteiger partial charge >= 0.3 is 6.03 Å². The first-order chi connectivity index (χ1) is 12.0. The first-order valence-electron chi connectivity index (χ1n) is 8.60. The van der Waals surface area contributed by atoms with E-state index in [9.17, 15) is 4.79 Å². The van der Waals surface area contributed by atoms with Crippen molar-refractivity contribution in [3.63, 3.8) is 0 Å². The predicted molar refractivity (Wildman–Crippen MR) is 91.0 cm³/mol. The Labute approximate surface area is 146 Å². The van der Waals surface area contributed by atoms with Gasteiger partial charge in [-0.05, 0) is 33.1 Å². The lowest BCUT2D eigenvalue weighted by molar-refractivity contribution is 0.200. The van der Waals surface area contributed by atoms with Crippen LogP contribution in [0.2, 0.25) is 0 Å². The fraction of sp³-hybridized carbons (Fsp3) is 0.588. The minimum absolute atomic E-state index is 0.0455. The normalized spacial score (nSPS) is 16.6. The van der Waals surface area contributed by atoms with Gasteiger partial charge in [0, 0.05) is 23.9 Å². The Bertz CT molecular complexity index is 732. The zero-order valence-corrected chi connectivity index (χ0v) is 14.9. The molecular formula is C17H25N5O3. The van der Waals surface area contributed by atoms with E-state index in [1.165, 1.54) is 0 Å². The van der Waals surface area contributed by atoms with Crippen LogP contribution in [-0.2, 0) is 19.5 Å². The highest BCUT2D eigenvalue weighted by Crippen LogP contribution is 2.29. The number of carbonyl (C=O) groups is 1. The van der Waals surface area contributed by atoms with E-state index in [0.29, 0.717) is 13.1 Å². The van der Waals surface area contributed by atoms with Crippen LogP contribution in [0.3, 0.4) is 0 Å². The summed E-state index contributed by atoms with van der Waals surface area (Å²) in [4.78, 5) is 14.2. The van der Waals surface area contributed by atoms with Crippen molar-refractivity contribution in [1.29, 1.82) is 0 Å². The molecule has 8 heteroatoms. The average molecular weight is 347 g/mol. The molecule has 2 amide bonds. The van der Waals surface area contributed by atoms with Crippen LogP contribution in [0.1, 0.15) is 47.2 Å². The molecule has 2 heterocycles. The second-order valence-corrected chi connectivity index (χ2v) is 6.55. The Morgan fingerprint density at radius 2 is 2.32 bits per heavy atom. The standard InChI is InChI=1S/C17H25N5O3/c1-11-14(12(2)25-20-11)10-21(3)17(24)19-15-5-4-6-16-13(15)9-18-22(16)7-8-23/h9,15,23H,4-8,10H2,1-3H3,(H,19,24)/t15-/m0/s1. The molecule has 0 aromatic carbocycles. The van der Waals surface area contributed by atoms with Crippen molar-refractivity contribution in [2.75, 3.05) is 13.7 Å². The highest BCUT2D eigenvalue weighted by molar-refractivity contribution is 5.74. The van der Waals surface area contributed by atoms with Crippen LogP contribution in [0, 0.1) is 13.8 Å². The lowest BCUT2D eigenvalue weighted by atomic mass is 9.93. The number of fused-ring (bicyclic) bond motifs is 1. The molecule has 3 rings (SSSR count). The monoisotopic (exact) mass is 347 g/mol. The fourth-order valence-electron chi connectivity index (χ4n) is 3.35. The number of hydrogen-bond donors (Lipinski definition) is 2. The Morgan fingerprint density at radius 1 is 1.52 bits per heavy atom. The summed E-state index contributed by atoms with van der Waals surface area (Å²) in [6, 6.07) is -0.177. The van der Waals surface area contributed by atoms with Gasteiger partial charge in [-0.2, -0.15) is 5.10 Å². The van der Waals surface area contributed by atoms with Crippen molar-refractivity contribution in [2.24, 2.45) is 0 Å². The number of rotatable bonds is 5. The van der Waals surface area contributed by atoms with Crippen LogP contribution in [0.4, 0.5) is 4.79 Å². The van der Waals surface area contributed by atoms with Crippen molar-refractivity contribution < 1.29 is 14.4 Å². The third-order valence-electron chi connectivity index (χ3n) is 4.80. The summed E-state index contributed by atoms with van der Waals surface area (Å²) in [5.41, 5.74) is 3.91. The molecule has 1 aliphatic carbocycles. The molecule has 25 heavy (non-hydrogen) atoms. The van der Waals surface area contributed by atoms with E-state index in [1.807, 2.05) is 24.7 Å². The van der Waals surface area contributed by atoms with Crippen molar-refractivity contribution in [3.8, 4) is 0 Å². The zero-order valence-electron chi connectivity index (χ0n) is 14.9. The van der Waals surface area contributed by atoms with Gasteiger partial charge < -0.3 is 19.8 Å². The second-order valence-electron chi connectivity index (χ2n) is 6.55. The van der Waals surface area contributed by atoms with Crippen molar-refractivity contribution in [3.05, 3.63) is 34.5 Å². The summed E-state index contributed by atoms with van der Waals surface area (Å²) in [5, 5.41) is 20.5. The zero-order chi connectivity index (χ0) is 18.0. The fourth-order valence-corrected chi connectivity index (χ4v) is 3.35. The molecule has 0 unspecified atom stereocenters. The van der Waals surface area contributed by atoms with Gasteiger partial charge in [0.05, 0.1) is 37.6 Å². The van der Waals surface area contributed by atoms with Gasteiger partial charge in [0.15, 0.2) is 0 Å². The average Bonchev–Trinajstić information content (AvgIpc) is 3.14. The third-order valence-corrected chi connectivity index (χ3v) is 4.80. The summed E-state index contributed by atoms with van der Waals surface area (Å²) in [6.45, 7) is 4.73. The van der Waals surface area contributed by atoms with Crippen LogP contribution in [-0.4, -0.2) is 44.6 Å². The summed E-state index contributed by atoms with van der Waals surface area (Å²) < 4.78 is 6.99. The molecular weight excluding hydrogens is 322 g/mol. The number of hydrogen-bond acceptors (Lipinski definition) is 5. The summed E-state index contributed by atoms with van der Waals surface area (Å²) >= 11 is 0. The molecule has 8 nitrogen and oxygen atoms in total. The molecule has 136 valence electrons. The highest BCUT2D eigenvalue weighted by Gasteiger charge is 2.26. The Kier molecular flexibility index (Phi) is 5.08. The number of aromatic nitrogens is 3. The van der Waals surface area contributed by atoms with Crippen molar-refractivity contribution in [1.82, 2.24) is 25.2 Å². The summed E-state index contributed by atoms with van der Waals surface area (Å²) in [7, 11) is 1.76. The van der Waals surface area contributed by atoms with Crippen LogP contribution in [0.5, 0.6) is 0 Å². The van der Waals surface area contributed by atoms with Gasteiger partial charge in [-0.3, -0.25) is 4.68 Å². The number of aliphatic hydroxyl groups excluding tert-OH is 1. The molecule has 1 aliphatic rings. The molecule has 0 fully saturated rings. The number of urea groups is 1. The van der Waals surface area contributed by atoms with Gasteiger partial charge in [0.1, 0.15) is 5.76 Å². The molecule has 1 atom stereocenters. The predicted octanol–water partition coefficient (Wildman–Crippen LogP) is 1.70. The van der Waals surface area contributed by atoms with E-state index in [-0.39, 0.29) is 18.7 Å². The molecule has 0 saturated carbocycles. The van der Waals surface area contributed by atoms with E-state index in [1.54, 1.807) is 11.9 Å². The molecule has 0 saturated heterocycles. The maximum absolute atomic E-state index is 12.6. The minimum Gasteiger partial charge on any atom is -0.394 e. The third kappa shape index (κ3) is 3.53. The lowest BCUT2D eigenvalue weighted by Crippen LogP contribution is -2.40. The van der Waals surface area contributed by atoms with Crippen LogP contribution in [0.25, 0.3) is 0 Å². The lowest BCUT2D eigenvalue weighted by Gasteiger charge is -2.27. The molecule has 0 aliphatic heterocycles. The molecule has 0 bridgehead atoms. The van der Waals surface area contributed by atoms with Crippen LogP contribution < -0.4 is 5.32 Å². The first kappa shape index (κ1) is 17.5. The van der Waals surface area contributed by atoms with Crippen molar-refractivity contribution in [2.45, 2.75) is 52.2 Å². The highest BCUT2D eigenvalue weighted by atomic mass is 16.5. The molecule has 0 radical (unpaired) electrons. The molecule has 2 aromatic rings. The second kappa shape index (κ2) is 7.26. The number of aliphatic hydroxyl groups is 1. The number of carbonyl (C=O) groups excluding carboxylic acids is 1. The quantitative estimate of drug-likeness (QED) is 0.858. The van der Waals surface area contributed by atoms with Crippen LogP contribution >= 0.6 is 0 Å². The van der Waals surface area contributed by atoms with Gasteiger partial charge in [-0.1, -0.05) is 5.16 Å². The van der Waals surface area contributed by atoms with Gasteiger partial charge in [-0.25, -0.2) is 4.79 Å². The maximum atomic E-state index is 12.6. The number of amides is 2. The summed E-state index contributed by atoms with van der Waals surface area (Å²) in [6.07, 6.45) is 4.62. The Morgan fingerprint density at radius 3 is 3.00 bits per heavy atom. The van der Waals surface area contributed by atoms with E-state index in [2.05, 4.69) is 15.6 Å². The van der Waals surface area contributed by atoms with Gasteiger partial charge in [0.25, 0.3) is 0 Å². The summed E-state index contributed by atoms with van der Waals surface area (Å²) in [5.74, 6) is 0.738.